The molecule has 2 aromatic carbocycles. The number of benzene rings is 2. The van der Waals surface area contributed by atoms with Gasteiger partial charge in [0.05, 0.1) is 5.56 Å². The maximum absolute atomic E-state index is 12.6. The second-order valence-corrected chi connectivity index (χ2v) is 5.50. The van der Waals surface area contributed by atoms with Crippen molar-refractivity contribution in [2.75, 3.05) is 0 Å². The van der Waals surface area contributed by atoms with Gasteiger partial charge in [-0.15, -0.1) is 10.2 Å². The van der Waals surface area contributed by atoms with Crippen LogP contribution in [0.25, 0.3) is 11.5 Å². The third-order valence-corrected chi connectivity index (χ3v) is 3.65. The Hall–Kier alpha value is -2.96. The molecule has 0 aliphatic rings. The topological polar surface area (TPSA) is 56.0 Å². The molecule has 1 heterocycles. The van der Waals surface area contributed by atoms with Crippen LogP contribution in [0.5, 0.6) is 0 Å². The van der Waals surface area contributed by atoms with E-state index < -0.39 is 11.7 Å². The van der Waals surface area contributed by atoms with Crippen molar-refractivity contribution in [1.82, 2.24) is 10.2 Å². The molecule has 0 aliphatic heterocycles. The number of carbonyl (C=O) groups is 1. The summed E-state index contributed by atoms with van der Waals surface area (Å²) in [6.07, 6.45) is -3.96. The van der Waals surface area contributed by atoms with Crippen molar-refractivity contribution in [3.8, 4) is 11.5 Å². The van der Waals surface area contributed by atoms with Gasteiger partial charge in [-0.2, -0.15) is 13.2 Å². The van der Waals surface area contributed by atoms with E-state index in [0.29, 0.717) is 17.5 Å². The van der Waals surface area contributed by atoms with Gasteiger partial charge in [0, 0.05) is 12.5 Å². The van der Waals surface area contributed by atoms with E-state index in [9.17, 15) is 18.0 Å². The van der Waals surface area contributed by atoms with Crippen LogP contribution >= 0.6 is 0 Å². The minimum atomic E-state index is -4.36. The second kappa shape index (κ2) is 6.51. The molecule has 3 rings (SSSR count). The van der Waals surface area contributed by atoms with E-state index in [0.717, 1.165) is 17.7 Å². The first-order chi connectivity index (χ1) is 11.8. The molecule has 0 aliphatic carbocycles. The molecule has 0 atom stereocenters. The van der Waals surface area contributed by atoms with Crippen LogP contribution in [-0.4, -0.2) is 16.0 Å². The summed E-state index contributed by atoms with van der Waals surface area (Å²) in [5.41, 5.74) is 1.47. The number of Topliss-reactive ketones (excluding diaryl/α,β-unsaturated/α-hetero) is 1. The smallest absolute Gasteiger partial charge is 0.414 e. The Balaban J connectivity index is 1.89. The molecular weight excluding hydrogens is 333 g/mol. The van der Waals surface area contributed by atoms with E-state index in [1.54, 1.807) is 12.1 Å². The molecule has 0 radical (unpaired) electrons. The van der Waals surface area contributed by atoms with Crippen molar-refractivity contribution in [2.45, 2.75) is 19.5 Å². The van der Waals surface area contributed by atoms with Crippen LogP contribution in [0.3, 0.4) is 0 Å². The summed E-state index contributed by atoms with van der Waals surface area (Å²) < 4.78 is 43.3. The Morgan fingerprint density at radius 1 is 1.04 bits per heavy atom. The number of carbonyl (C=O) groups excluding carboxylic acids is 1. The zero-order chi connectivity index (χ0) is 18.0. The third-order valence-electron chi connectivity index (χ3n) is 3.65. The quantitative estimate of drug-likeness (QED) is 0.651. The lowest BCUT2D eigenvalue weighted by Gasteiger charge is -2.09. The van der Waals surface area contributed by atoms with E-state index in [-0.39, 0.29) is 17.6 Å². The van der Waals surface area contributed by atoms with Crippen LogP contribution < -0.4 is 0 Å². The van der Waals surface area contributed by atoms with Crippen LogP contribution in [0.4, 0.5) is 13.2 Å². The van der Waals surface area contributed by atoms with Gasteiger partial charge in [-0.1, -0.05) is 30.3 Å². The molecule has 0 amide bonds. The van der Waals surface area contributed by atoms with Crippen molar-refractivity contribution in [1.29, 1.82) is 0 Å². The van der Waals surface area contributed by atoms with Gasteiger partial charge in [-0.05, 0) is 35.7 Å². The van der Waals surface area contributed by atoms with Gasteiger partial charge in [0.1, 0.15) is 0 Å². The molecule has 1 aromatic heterocycles. The van der Waals surface area contributed by atoms with Gasteiger partial charge in [-0.25, -0.2) is 0 Å². The minimum absolute atomic E-state index is 0.0840. The molecule has 3 aromatic rings. The Morgan fingerprint density at radius 2 is 1.72 bits per heavy atom. The zero-order valence-electron chi connectivity index (χ0n) is 13.2. The van der Waals surface area contributed by atoms with Crippen LogP contribution in [0.1, 0.15) is 34.3 Å². The van der Waals surface area contributed by atoms with Gasteiger partial charge < -0.3 is 4.42 Å². The predicted octanol–water partition coefficient (Wildman–Crippen LogP) is 4.55. The number of alkyl halides is 3. The van der Waals surface area contributed by atoms with Crippen LogP contribution in [-0.2, 0) is 12.6 Å². The maximum atomic E-state index is 12.6. The first kappa shape index (κ1) is 16.9. The van der Waals surface area contributed by atoms with Gasteiger partial charge in [0.15, 0.2) is 0 Å². The van der Waals surface area contributed by atoms with Crippen molar-refractivity contribution in [3.05, 3.63) is 71.1 Å². The van der Waals surface area contributed by atoms with Crippen molar-refractivity contribution in [2.24, 2.45) is 0 Å². The van der Waals surface area contributed by atoms with Crippen LogP contribution in [0, 0.1) is 0 Å². The summed E-state index contributed by atoms with van der Waals surface area (Å²) in [5.74, 6) is -0.217. The molecule has 128 valence electrons. The molecule has 0 bridgehead atoms. The minimum Gasteiger partial charge on any atom is -0.414 e. The maximum Gasteiger partial charge on any atom is 0.416 e. The summed E-state index contributed by atoms with van der Waals surface area (Å²) >= 11 is 0. The monoisotopic (exact) mass is 346 g/mol. The molecule has 0 N–H and O–H groups in total. The van der Waals surface area contributed by atoms with Crippen molar-refractivity contribution in [3.63, 3.8) is 0 Å². The van der Waals surface area contributed by atoms with Crippen LogP contribution in [0.2, 0.25) is 0 Å². The van der Waals surface area contributed by atoms with Gasteiger partial charge >= 0.3 is 6.18 Å². The summed E-state index contributed by atoms with van der Waals surface area (Å²) in [6.45, 7) is 1.32. The normalized spacial score (nSPS) is 11.5. The molecule has 0 saturated carbocycles. The Bertz CT molecular complexity index is 899. The molecule has 0 saturated heterocycles. The van der Waals surface area contributed by atoms with Crippen LogP contribution in [0.15, 0.2) is 52.9 Å². The standard InChI is InChI=1S/C18H13F3N2O2/c1-11(24)16-22-23-17(25-16)15-5-3-2-4-13(15)10-12-6-8-14(9-7-12)18(19,20)21/h2-9H,10H2,1H3. The van der Waals surface area contributed by atoms with E-state index in [2.05, 4.69) is 10.2 Å². The lowest BCUT2D eigenvalue weighted by atomic mass is 9.99. The SMILES string of the molecule is CC(=O)c1nnc(-c2ccccc2Cc2ccc(C(F)(F)F)cc2)o1. The summed E-state index contributed by atoms with van der Waals surface area (Å²) in [5, 5.41) is 7.56. The number of nitrogens with zero attached hydrogens (tertiary/aromatic N) is 2. The molecule has 4 nitrogen and oxygen atoms in total. The molecule has 0 unspecified atom stereocenters. The highest BCUT2D eigenvalue weighted by molar-refractivity contribution is 5.89. The predicted molar refractivity (Wildman–Crippen MR) is 84.0 cm³/mol. The van der Waals surface area contributed by atoms with Crippen molar-refractivity contribution < 1.29 is 22.4 Å². The number of halogens is 3. The molecule has 7 heteroatoms. The lowest BCUT2D eigenvalue weighted by Crippen LogP contribution is -2.04. The molecular formula is C18H13F3N2O2. The highest BCUT2D eigenvalue weighted by Crippen LogP contribution is 2.30. The average Bonchev–Trinajstić information content (AvgIpc) is 3.05. The Labute approximate surface area is 141 Å². The summed E-state index contributed by atoms with van der Waals surface area (Å²) in [7, 11) is 0. The molecule has 0 fully saturated rings. The van der Waals surface area contributed by atoms with Gasteiger partial charge in [0.2, 0.25) is 11.7 Å². The summed E-state index contributed by atoms with van der Waals surface area (Å²) in [6, 6.07) is 12.2. The first-order valence-electron chi connectivity index (χ1n) is 7.43. The van der Waals surface area contributed by atoms with E-state index >= 15 is 0 Å². The first-order valence-corrected chi connectivity index (χ1v) is 7.43. The largest absolute Gasteiger partial charge is 0.416 e. The fraction of sp³-hybridized carbons (Fsp3) is 0.167. The van der Waals surface area contributed by atoms with Gasteiger partial charge in [-0.3, -0.25) is 4.79 Å². The average molecular weight is 346 g/mol. The summed E-state index contributed by atoms with van der Waals surface area (Å²) in [4.78, 5) is 11.3. The zero-order valence-corrected chi connectivity index (χ0v) is 13.2. The Kier molecular flexibility index (Phi) is 4.39. The van der Waals surface area contributed by atoms with Gasteiger partial charge in [0.25, 0.3) is 5.89 Å². The molecule has 25 heavy (non-hydrogen) atoms. The van der Waals surface area contributed by atoms with E-state index in [1.165, 1.54) is 19.1 Å². The Morgan fingerprint density at radius 3 is 2.32 bits per heavy atom. The van der Waals surface area contributed by atoms with E-state index in [1.807, 2.05) is 12.1 Å². The number of hydrogen-bond donors (Lipinski definition) is 0. The highest BCUT2D eigenvalue weighted by atomic mass is 19.4. The lowest BCUT2D eigenvalue weighted by molar-refractivity contribution is -0.137. The number of aromatic nitrogens is 2. The fourth-order valence-electron chi connectivity index (χ4n) is 2.39. The second-order valence-electron chi connectivity index (χ2n) is 5.50. The molecule has 0 spiro atoms. The number of ketones is 1. The fourth-order valence-corrected chi connectivity index (χ4v) is 2.39. The highest BCUT2D eigenvalue weighted by Gasteiger charge is 2.29. The third kappa shape index (κ3) is 3.76. The number of rotatable bonds is 4. The van der Waals surface area contributed by atoms with E-state index in [4.69, 9.17) is 4.42 Å². The van der Waals surface area contributed by atoms with Crippen molar-refractivity contribution >= 4 is 5.78 Å². The number of hydrogen-bond acceptors (Lipinski definition) is 4.